The topological polar surface area (TPSA) is 29.5 Å². The lowest BCUT2D eigenvalue weighted by Crippen LogP contribution is -2.40. The molecule has 0 aromatic heterocycles. The Kier molecular flexibility index (Phi) is 1.92. The van der Waals surface area contributed by atoms with E-state index in [9.17, 15) is 5.11 Å². The van der Waals surface area contributed by atoms with Gasteiger partial charge >= 0.3 is 0 Å². The van der Waals surface area contributed by atoms with Crippen LogP contribution in [0.1, 0.15) is 6.92 Å². The minimum atomic E-state index is -0.960. The third-order valence-corrected chi connectivity index (χ3v) is 1.81. The Balaban J connectivity index is 2.80. The summed E-state index contributed by atoms with van der Waals surface area (Å²) in [5.41, 5.74) is -0.960. The number of ether oxygens (including phenoxy) is 1. The quantitative estimate of drug-likeness (QED) is 0.548. The average molecular weight is 140 g/mol. The second-order valence-electron chi connectivity index (χ2n) is 2.47. The highest BCUT2D eigenvalue weighted by molar-refractivity contribution is 5.16. The van der Waals surface area contributed by atoms with Gasteiger partial charge in [0, 0.05) is 0 Å². The Bertz CT molecular complexity index is 163. The molecule has 1 aliphatic rings. The summed E-state index contributed by atoms with van der Waals surface area (Å²) in [7, 11) is 0. The van der Waals surface area contributed by atoms with E-state index < -0.39 is 5.60 Å². The standard InChI is InChI=1S/C8H12O2/c1-3-8(9)5-4-6-10-7(8)2/h3-5,7,9H,1,6H2,2H3/t7-,8+/m0/s1. The lowest BCUT2D eigenvalue weighted by molar-refractivity contribution is -0.0459. The highest BCUT2D eigenvalue weighted by Gasteiger charge is 2.29. The fourth-order valence-corrected chi connectivity index (χ4v) is 0.940. The summed E-state index contributed by atoms with van der Waals surface area (Å²) in [5, 5.41) is 9.62. The molecule has 0 saturated heterocycles. The zero-order valence-electron chi connectivity index (χ0n) is 6.08. The normalized spacial score (nSPS) is 39.6. The van der Waals surface area contributed by atoms with E-state index in [0.717, 1.165) is 0 Å². The highest BCUT2D eigenvalue weighted by Crippen LogP contribution is 2.20. The molecule has 0 fully saturated rings. The van der Waals surface area contributed by atoms with Gasteiger partial charge in [-0.1, -0.05) is 18.7 Å². The van der Waals surface area contributed by atoms with Crippen molar-refractivity contribution in [2.24, 2.45) is 0 Å². The van der Waals surface area contributed by atoms with Gasteiger partial charge < -0.3 is 9.84 Å². The van der Waals surface area contributed by atoms with Crippen molar-refractivity contribution in [3.8, 4) is 0 Å². The van der Waals surface area contributed by atoms with Crippen LogP contribution in [0.5, 0.6) is 0 Å². The van der Waals surface area contributed by atoms with Crippen LogP contribution in [0.25, 0.3) is 0 Å². The van der Waals surface area contributed by atoms with Gasteiger partial charge in [0.15, 0.2) is 0 Å². The van der Waals surface area contributed by atoms with Crippen molar-refractivity contribution in [2.75, 3.05) is 6.61 Å². The van der Waals surface area contributed by atoms with Gasteiger partial charge in [0.25, 0.3) is 0 Å². The zero-order chi connectivity index (χ0) is 7.61. The molecule has 10 heavy (non-hydrogen) atoms. The lowest BCUT2D eigenvalue weighted by atomic mass is 9.96. The first-order valence-electron chi connectivity index (χ1n) is 3.34. The predicted molar refractivity (Wildman–Crippen MR) is 39.7 cm³/mol. The van der Waals surface area contributed by atoms with Crippen molar-refractivity contribution in [1.29, 1.82) is 0 Å². The molecule has 2 nitrogen and oxygen atoms in total. The molecule has 0 bridgehead atoms. The average Bonchev–Trinajstić information content (AvgIpc) is 1.96. The van der Waals surface area contributed by atoms with Crippen LogP contribution < -0.4 is 0 Å². The van der Waals surface area contributed by atoms with Crippen molar-refractivity contribution in [3.63, 3.8) is 0 Å². The molecule has 0 amide bonds. The Morgan fingerprint density at radius 3 is 3.00 bits per heavy atom. The van der Waals surface area contributed by atoms with Crippen molar-refractivity contribution >= 4 is 0 Å². The van der Waals surface area contributed by atoms with Crippen LogP contribution in [0.3, 0.4) is 0 Å². The largest absolute Gasteiger partial charge is 0.379 e. The molecule has 0 unspecified atom stereocenters. The number of hydrogen-bond acceptors (Lipinski definition) is 2. The van der Waals surface area contributed by atoms with Gasteiger partial charge in [-0.25, -0.2) is 0 Å². The molecule has 0 radical (unpaired) electrons. The van der Waals surface area contributed by atoms with Gasteiger partial charge in [-0.3, -0.25) is 0 Å². The molecule has 0 aliphatic carbocycles. The second kappa shape index (κ2) is 2.56. The van der Waals surface area contributed by atoms with Gasteiger partial charge in [0.05, 0.1) is 12.7 Å². The Morgan fingerprint density at radius 2 is 2.60 bits per heavy atom. The summed E-state index contributed by atoms with van der Waals surface area (Å²) >= 11 is 0. The highest BCUT2D eigenvalue weighted by atomic mass is 16.5. The molecule has 0 aromatic rings. The van der Waals surface area contributed by atoms with E-state index in [1.54, 1.807) is 12.2 Å². The predicted octanol–water partition coefficient (Wildman–Crippen LogP) is 0.878. The zero-order valence-corrected chi connectivity index (χ0v) is 6.08. The second-order valence-corrected chi connectivity index (χ2v) is 2.47. The summed E-state index contributed by atoms with van der Waals surface area (Å²) in [6, 6.07) is 0. The van der Waals surface area contributed by atoms with Crippen LogP contribution in [0.2, 0.25) is 0 Å². The lowest BCUT2D eigenvalue weighted by Gasteiger charge is -2.30. The summed E-state index contributed by atoms with van der Waals surface area (Å²) in [6.45, 7) is 5.93. The van der Waals surface area contributed by atoms with Crippen molar-refractivity contribution in [2.45, 2.75) is 18.6 Å². The van der Waals surface area contributed by atoms with Gasteiger partial charge in [0.2, 0.25) is 0 Å². The first-order valence-corrected chi connectivity index (χ1v) is 3.34. The minimum Gasteiger partial charge on any atom is -0.379 e. The summed E-state index contributed by atoms with van der Waals surface area (Å²) in [4.78, 5) is 0. The molecule has 1 aliphatic heterocycles. The van der Waals surface area contributed by atoms with E-state index in [0.29, 0.717) is 6.61 Å². The summed E-state index contributed by atoms with van der Waals surface area (Å²) in [6.07, 6.45) is 4.82. The fourth-order valence-electron chi connectivity index (χ4n) is 0.940. The van der Waals surface area contributed by atoms with Crippen LogP contribution in [0, 0.1) is 0 Å². The number of rotatable bonds is 1. The molecule has 2 atom stereocenters. The molecule has 2 heteroatoms. The molecular weight excluding hydrogens is 128 g/mol. The maximum Gasteiger partial charge on any atom is 0.126 e. The van der Waals surface area contributed by atoms with Crippen molar-refractivity contribution in [3.05, 3.63) is 24.8 Å². The third-order valence-electron chi connectivity index (χ3n) is 1.81. The van der Waals surface area contributed by atoms with E-state index in [2.05, 4.69) is 6.58 Å². The van der Waals surface area contributed by atoms with Crippen LogP contribution in [0.4, 0.5) is 0 Å². The molecular formula is C8H12O2. The Hall–Kier alpha value is -0.600. The van der Waals surface area contributed by atoms with Crippen LogP contribution in [0.15, 0.2) is 24.8 Å². The monoisotopic (exact) mass is 140 g/mol. The molecule has 0 aromatic carbocycles. The van der Waals surface area contributed by atoms with E-state index in [1.807, 2.05) is 6.92 Å². The van der Waals surface area contributed by atoms with E-state index in [-0.39, 0.29) is 6.10 Å². The SMILES string of the molecule is C=C[C@@]1(O)C=CCO[C@H]1C. The van der Waals surface area contributed by atoms with E-state index in [4.69, 9.17) is 4.74 Å². The van der Waals surface area contributed by atoms with Gasteiger partial charge in [0.1, 0.15) is 5.60 Å². The maximum absolute atomic E-state index is 9.62. The Labute approximate surface area is 60.8 Å². The molecule has 56 valence electrons. The van der Waals surface area contributed by atoms with Gasteiger partial charge in [-0.05, 0) is 13.0 Å². The van der Waals surface area contributed by atoms with Crippen LogP contribution in [-0.4, -0.2) is 23.4 Å². The number of hydrogen-bond donors (Lipinski definition) is 1. The van der Waals surface area contributed by atoms with Crippen molar-refractivity contribution < 1.29 is 9.84 Å². The molecule has 1 rings (SSSR count). The first-order chi connectivity index (χ1) is 4.69. The smallest absolute Gasteiger partial charge is 0.126 e. The Morgan fingerprint density at radius 1 is 1.90 bits per heavy atom. The third kappa shape index (κ3) is 1.13. The molecule has 0 spiro atoms. The van der Waals surface area contributed by atoms with Gasteiger partial charge in [-0.15, -0.1) is 0 Å². The molecule has 0 saturated carbocycles. The van der Waals surface area contributed by atoms with Crippen LogP contribution >= 0.6 is 0 Å². The molecule has 1 heterocycles. The van der Waals surface area contributed by atoms with Crippen molar-refractivity contribution in [1.82, 2.24) is 0 Å². The van der Waals surface area contributed by atoms with E-state index >= 15 is 0 Å². The summed E-state index contributed by atoms with van der Waals surface area (Å²) in [5.74, 6) is 0. The maximum atomic E-state index is 9.62. The first kappa shape index (κ1) is 7.51. The van der Waals surface area contributed by atoms with E-state index in [1.165, 1.54) is 6.08 Å². The summed E-state index contributed by atoms with van der Waals surface area (Å²) < 4.78 is 5.18. The minimum absolute atomic E-state index is 0.185. The molecule has 1 N–H and O–H groups in total. The van der Waals surface area contributed by atoms with Gasteiger partial charge in [-0.2, -0.15) is 0 Å². The fraction of sp³-hybridized carbons (Fsp3) is 0.500. The van der Waals surface area contributed by atoms with Crippen LogP contribution in [-0.2, 0) is 4.74 Å². The number of aliphatic hydroxyl groups is 1.